The zero-order valence-corrected chi connectivity index (χ0v) is 9.17. The first-order valence-corrected chi connectivity index (χ1v) is 5.55. The van der Waals surface area contributed by atoms with Gasteiger partial charge in [0.25, 0.3) is 0 Å². The Bertz CT molecular complexity index is 314. The Balaban J connectivity index is 0.000000245. The largest absolute Gasteiger partial charge is 0.352 e. The Hall–Kier alpha value is -1.20. The second-order valence-electron chi connectivity index (χ2n) is 3.34. The van der Waals surface area contributed by atoms with Crippen LogP contribution in [0.5, 0.6) is 0 Å². The molecule has 1 aliphatic carbocycles. The molecule has 0 fully saturated rings. The highest BCUT2D eigenvalue weighted by Gasteiger charge is 2.19. The Labute approximate surface area is 93.3 Å². The van der Waals surface area contributed by atoms with E-state index < -0.39 is 6.03 Å². The van der Waals surface area contributed by atoms with Crippen molar-refractivity contribution in [1.82, 2.24) is 0 Å². The van der Waals surface area contributed by atoms with Crippen molar-refractivity contribution in [2.45, 2.75) is 18.1 Å². The summed E-state index contributed by atoms with van der Waals surface area (Å²) in [6.45, 7) is 0. The van der Waals surface area contributed by atoms with Gasteiger partial charge in [-0.05, 0) is 24.0 Å². The molecule has 0 saturated heterocycles. The van der Waals surface area contributed by atoms with E-state index in [4.69, 9.17) is 9.93 Å². The molecule has 0 unspecified atom stereocenters. The number of primary amides is 2. The lowest BCUT2D eigenvalue weighted by Crippen LogP contribution is -2.18. The molecule has 1 aromatic rings. The smallest absolute Gasteiger partial charge is 0.309 e. The van der Waals surface area contributed by atoms with Gasteiger partial charge in [-0.1, -0.05) is 36.2 Å². The Morgan fingerprint density at radius 2 is 1.60 bits per heavy atom. The highest BCUT2D eigenvalue weighted by molar-refractivity contribution is 7.97. The number of hydrogen-bond donors (Lipinski definition) is 3. The van der Waals surface area contributed by atoms with Crippen LogP contribution in [0, 0.1) is 0 Å². The predicted octanol–water partition coefficient (Wildman–Crippen LogP) is 0.785. The third-order valence-corrected chi connectivity index (χ3v) is 2.92. The number of benzene rings is 1. The molecule has 1 aliphatic rings. The van der Waals surface area contributed by atoms with Crippen LogP contribution < -0.4 is 16.6 Å². The monoisotopic (exact) mass is 225 g/mol. The lowest BCUT2D eigenvalue weighted by Gasteiger charge is -2.00. The third kappa shape index (κ3) is 3.81. The molecule has 0 heterocycles. The molecule has 6 N–H and O–H groups in total. The van der Waals surface area contributed by atoms with E-state index >= 15 is 0 Å². The summed E-state index contributed by atoms with van der Waals surface area (Å²) in [5.41, 5.74) is 11.5. The van der Waals surface area contributed by atoms with Crippen LogP contribution in [0.3, 0.4) is 0 Å². The maximum absolute atomic E-state index is 9.00. The predicted molar refractivity (Wildman–Crippen MR) is 63.2 cm³/mol. The topological polar surface area (TPSA) is 95.1 Å². The second kappa shape index (κ2) is 5.63. The first-order chi connectivity index (χ1) is 7.13. The maximum atomic E-state index is 9.00. The van der Waals surface area contributed by atoms with E-state index in [1.165, 1.54) is 23.1 Å². The Kier molecular flexibility index (Phi) is 4.45. The van der Waals surface area contributed by atoms with Gasteiger partial charge in [-0.2, -0.15) is 0 Å². The average molecular weight is 225 g/mol. The van der Waals surface area contributed by atoms with Gasteiger partial charge in [0.05, 0.1) is 0 Å². The van der Waals surface area contributed by atoms with Crippen molar-refractivity contribution in [3.8, 4) is 0 Å². The van der Waals surface area contributed by atoms with Gasteiger partial charge in [0.2, 0.25) is 0 Å². The average Bonchev–Trinajstić information content (AvgIpc) is 2.59. The van der Waals surface area contributed by atoms with E-state index in [9.17, 15) is 0 Å². The molecule has 0 atom stereocenters. The number of nitrogens with two attached hydrogens (primary N) is 3. The normalized spacial score (nSPS) is 13.9. The first-order valence-electron chi connectivity index (χ1n) is 4.60. The minimum atomic E-state index is -0.833. The molecule has 0 spiro atoms. The van der Waals surface area contributed by atoms with Crippen LogP contribution in [0.1, 0.15) is 11.1 Å². The van der Waals surface area contributed by atoms with Crippen LogP contribution in [0.25, 0.3) is 0 Å². The van der Waals surface area contributed by atoms with Crippen molar-refractivity contribution >= 4 is 18.0 Å². The van der Waals surface area contributed by atoms with Crippen LogP contribution in [0.15, 0.2) is 24.3 Å². The van der Waals surface area contributed by atoms with E-state index in [0.717, 1.165) is 12.8 Å². The fraction of sp³-hybridized carbons (Fsp3) is 0.300. The molecule has 15 heavy (non-hydrogen) atoms. The molecule has 5 heteroatoms. The van der Waals surface area contributed by atoms with Gasteiger partial charge in [0, 0.05) is 5.25 Å². The third-order valence-electron chi connectivity index (χ3n) is 2.21. The van der Waals surface area contributed by atoms with Crippen LogP contribution in [0.2, 0.25) is 0 Å². The Morgan fingerprint density at radius 3 is 1.93 bits per heavy atom. The number of rotatable bonds is 1. The first kappa shape index (κ1) is 11.9. The summed E-state index contributed by atoms with van der Waals surface area (Å²) in [6, 6.07) is 7.77. The summed E-state index contributed by atoms with van der Waals surface area (Å²) in [4.78, 5) is 9.00. The van der Waals surface area contributed by atoms with E-state index in [-0.39, 0.29) is 0 Å². The van der Waals surface area contributed by atoms with E-state index in [1.807, 2.05) is 0 Å². The molecule has 0 saturated carbocycles. The summed E-state index contributed by atoms with van der Waals surface area (Å²) in [5.74, 6) is 0. The number of carbonyl (C=O) groups excluding carboxylic acids is 1. The molecule has 2 amide bonds. The lowest BCUT2D eigenvalue weighted by molar-refractivity contribution is 0.256. The lowest BCUT2D eigenvalue weighted by atomic mass is 10.1. The summed E-state index contributed by atoms with van der Waals surface area (Å²) in [6.07, 6.45) is 2.30. The van der Waals surface area contributed by atoms with Gasteiger partial charge in [0.15, 0.2) is 0 Å². The number of carbonyl (C=O) groups is 1. The van der Waals surface area contributed by atoms with Gasteiger partial charge in [-0.3, -0.25) is 5.14 Å². The van der Waals surface area contributed by atoms with Gasteiger partial charge < -0.3 is 11.5 Å². The van der Waals surface area contributed by atoms with Crippen LogP contribution >= 0.6 is 11.9 Å². The molecule has 1 aromatic carbocycles. The van der Waals surface area contributed by atoms with Crippen molar-refractivity contribution in [3.05, 3.63) is 35.4 Å². The SMILES string of the molecule is NC(N)=O.NSC1Cc2ccccc2C1. The molecule has 2 rings (SSSR count). The zero-order chi connectivity index (χ0) is 11.3. The van der Waals surface area contributed by atoms with Crippen molar-refractivity contribution in [2.24, 2.45) is 16.6 Å². The molecule has 0 aromatic heterocycles. The number of urea groups is 1. The summed E-state index contributed by atoms with van der Waals surface area (Å²) in [7, 11) is 0. The molecular weight excluding hydrogens is 210 g/mol. The highest BCUT2D eigenvalue weighted by atomic mass is 32.2. The highest BCUT2D eigenvalue weighted by Crippen LogP contribution is 2.26. The molecule has 0 bridgehead atoms. The van der Waals surface area contributed by atoms with Crippen molar-refractivity contribution in [3.63, 3.8) is 0 Å². The molecular formula is C10H15N3OS. The minimum absolute atomic E-state index is 0.618. The van der Waals surface area contributed by atoms with Gasteiger partial charge in [-0.15, -0.1) is 0 Å². The Morgan fingerprint density at radius 1 is 1.20 bits per heavy atom. The van der Waals surface area contributed by atoms with Crippen LogP contribution in [-0.4, -0.2) is 11.3 Å². The standard InChI is InChI=1S/C9H11NS.CH4N2O/c10-11-9-5-7-3-1-2-4-8(7)6-9;2-1(3)4/h1-4,9H,5-6,10H2;(H4,2,3,4). The molecule has 0 aliphatic heterocycles. The van der Waals surface area contributed by atoms with Gasteiger partial charge >= 0.3 is 6.03 Å². The van der Waals surface area contributed by atoms with Gasteiger partial charge in [0.1, 0.15) is 0 Å². The molecule has 0 radical (unpaired) electrons. The quantitative estimate of drug-likeness (QED) is 0.616. The molecule has 4 nitrogen and oxygen atoms in total. The zero-order valence-electron chi connectivity index (χ0n) is 8.35. The summed E-state index contributed by atoms with van der Waals surface area (Å²) in [5, 5.41) is 6.15. The summed E-state index contributed by atoms with van der Waals surface area (Å²) < 4.78 is 0. The van der Waals surface area contributed by atoms with E-state index in [0.29, 0.717) is 5.25 Å². The second-order valence-corrected chi connectivity index (χ2v) is 4.28. The number of amides is 2. The number of fused-ring (bicyclic) bond motifs is 1. The van der Waals surface area contributed by atoms with Crippen LogP contribution in [-0.2, 0) is 12.8 Å². The van der Waals surface area contributed by atoms with E-state index in [1.54, 1.807) is 0 Å². The summed E-state index contributed by atoms with van der Waals surface area (Å²) >= 11 is 1.49. The maximum Gasteiger partial charge on any atom is 0.309 e. The minimum Gasteiger partial charge on any atom is -0.352 e. The fourth-order valence-corrected chi connectivity index (χ4v) is 2.17. The van der Waals surface area contributed by atoms with Crippen molar-refractivity contribution in [1.29, 1.82) is 0 Å². The van der Waals surface area contributed by atoms with Crippen molar-refractivity contribution < 1.29 is 4.79 Å². The van der Waals surface area contributed by atoms with E-state index in [2.05, 4.69) is 35.7 Å². The molecule has 82 valence electrons. The van der Waals surface area contributed by atoms with Gasteiger partial charge in [-0.25, -0.2) is 4.79 Å². The fourth-order valence-electron chi connectivity index (χ4n) is 1.61. The number of hydrogen-bond acceptors (Lipinski definition) is 3. The van der Waals surface area contributed by atoms with Crippen molar-refractivity contribution in [2.75, 3.05) is 0 Å². The van der Waals surface area contributed by atoms with Crippen LogP contribution in [0.4, 0.5) is 4.79 Å².